The zero-order valence-electron chi connectivity index (χ0n) is 15.4. The molecule has 2 N–H and O–H groups in total. The van der Waals surface area contributed by atoms with Gasteiger partial charge in [-0.2, -0.15) is 0 Å². The molecule has 1 heterocycles. The van der Waals surface area contributed by atoms with Crippen molar-refractivity contribution in [2.75, 3.05) is 25.5 Å². The molecule has 5 nitrogen and oxygen atoms in total. The maximum Gasteiger partial charge on any atom is 0.191 e. The molecule has 136 valence electrons. The summed E-state index contributed by atoms with van der Waals surface area (Å²) in [6.45, 7) is 6.32. The van der Waals surface area contributed by atoms with Crippen molar-refractivity contribution in [1.82, 2.24) is 15.6 Å². The van der Waals surface area contributed by atoms with Crippen molar-refractivity contribution in [3.8, 4) is 0 Å². The minimum atomic E-state index is 0. The molecule has 0 spiro atoms. The molecule has 1 aromatic carbocycles. The fourth-order valence-electron chi connectivity index (χ4n) is 2.36. The molecule has 0 fully saturated rings. The number of aryl methyl sites for hydroxylation is 1. The highest BCUT2D eigenvalue weighted by molar-refractivity contribution is 14.0. The van der Waals surface area contributed by atoms with Crippen LogP contribution in [-0.4, -0.2) is 31.6 Å². The van der Waals surface area contributed by atoms with E-state index in [1.807, 2.05) is 31.3 Å². The third-order valence-electron chi connectivity index (χ3n) is 3.62. The van der Waals surface area contributed by atoms with Gasteiger partial charge in [0.2, 0.25) is 0 Å². The maximum atomic E-state index is 4.66. The molecule has 0 unspecified atom stereocenters. The number of rotatable bonds is 6. The van der Waals surface area contributed by atoms with Crippen LogP contribution in [0.3, 0.4) is 0 Å². The highest BCUT2D eigenvalue weighted by atomic mass is 127. The van der Waals surface area contributed by atoms with E-state index >= 15 is 0 Å². The number of nitrogens with zero attached hydrogens (tertiary/aromatic N) is 3. The molecule has 25 heavy (non-hydrogen) atoms. The molecule has 2 rings (SSSR count). The van der Waals surface area contributed by atoms with Crippen LogP contribution in [0.25, 0.3) is 0 Å². The molecular weight excluding hydrogens is 425 g/mol. The van der Waals surface area contributed by atoms with Gasteiger partial charge in [0, 0.05) is 38.9 Å². The molecule has 2 aromatic rings. The van der Waals surface area contributed by atoms with Crippen molar-refractivity contribution in [2.24, 2.45) is 4.99 Å². The van der Waals surface area contributed by atoms with E-state index in [4.69, 9.17) is 0 Å². The van der Waals surface area contributed by atoms with Crippen LogP contribution in [0.15, 0.2) is 47.6 Å². The second-order valence-electron chi connectivity index (χ2n) is 5.91. The summed E-state index contributed by atoms with van der Waals surface area (Å²) in [6, 6.07) is 12.5. The third-order valence-corrected chi connectivity index (χ3v) is 3.62. The molecule has 1 aromatic heterocycles. The summed E-state index contributed by atoms with van der Waals surface area (Å²) < 4.78 is 0. The fraction of sp³-hybridized carbons (Fsp3) is 0.368. The van der Waals surface area contributed by atoms with Crippen LogP contribution in [0.5, 0.6) is 0 Å². The largest absolute Gasteiger partial charge is 0.362 e. The van der Waals surface area contributed by atoms with Crippen molar-refractivity contribution in [2.45, 2.75) is 26.9 Å². The average molecular weight is 453 g/mol. The van der Waals surface area contributed by atoms with E-state index in [-0.39, 0.29) is 24.0 Å². The Labute approximate surface area is 168 Å². The zero-order chi connectivity index (χ0) is 17.4. The summed E-state index contributed by atoms with van der Waals surface area (Å²) >= 11 is 0. The topological polar surface area (TPSA) is 52.6 Å². The Kier molecular flexibility index (Phi) is 9.26. The summed E-state index contributed by atoms with van der Waals surface area (Å²) in [5, 5.41) is 6.67. The number of anilines is 1. The maximum absolute atomic E-state index is 4.66. The zero-order valence-corrected chi connectivity index (χ0v) is 17.7. The van der Waals surface area contributed by atoms with Crippen LogP contribution in [0.2, 0.25) is 0 Å². The van der Waals surface area contributed by atoms with E-state index in [0.29, 0.717) is 13.1 Å². The summed E-state index contributed by atoms with van der Waals surface area (Å²) in [7, 11) is 4.00. The monoisotopic (exact) mass is 453 g/mol. The number of hydrogen-bond acceptors (Lipinski definition) is 3. The number of hydrogen-bond donors (Lipinski definition) is 2. The molecule has 0 saturated carbocycles. The van der Waals surface area contributed by atoms with E-state index in [9.17, 15) is 0 Å². The summed E-state index contributed by atoms with van der Waals surface area (Å²) in [6.07, 6.45) is 1.81. The van der Waals surface area contributed by atoms with Crippen molar-refractivity contribution in [3.05, 3.63) is 59.3 Å². The number of benzene rings is 1. The van der Waals surface area contributed by atoms with Crippen LogP contribution in [-0.2, 0) is 13.1 Å². The smallest absolute Gasteiger partial charge is 0.191 e. The van der Waals surface area contributed by atoms with E-state index in [1.165, 1.54) is 11.1 Å². The van der Waals surface area contributed by atoms with Crippen LogP contribution in [0.4, 0.5) is 5.82 Å². The van der Waals surface area contributed by atoms with Gasteiger partial charge in [-0.1, -0.05) is 35.9 Å². The van der Waals surface area contributed by atoms with E-state index in [2.05, 4.69) is 64.8 Å². The van der Waals surface area contributed by atoms with Gasteiger partial charge in [0.25, 0.3) is 0 Å². The van der Waals surface area contributed by atoms with Gasteiger partial charge in [0.15, 0.2) is 5.96 Å². The lowest BCUT2D eigenvalue weighted by Crippen LogP contribution is -2.37. The van der Waals surface area contributed by atoms with Crippen molar-refractivity contribution in [3.63, 3.8) is 0 Å². The van der Waals surface area contributed by atoms with Gasteiger partial charge in [-0.15, -0.1) is 24.0 Å². The van der Waals surface area contributed by atoms with Crippen molar-refractivity contribution < 1.29 is 0 Å². The van der Waals surface area contributed by atoms with Gasteiger partial charge in [-0.3, -0.25) is 0 Å². The number of halogens is 1. The first-order valence-corrected chi connectivity index (χ1v) is 8.29. The molecule has 0 aliphatic carbocycles. The predicted octanol–water partition coefficient (Wildman–Crippen LogP) is 3.33. The molecule has 0 aliphatic rings. The van der Waals surface area contributed by atoms with Crippen LogP contribution in [0, 0.1) is 6.92 Å². The Bertz CT molecular complexity index is 668. The summed E-state index contributed by atoms with van der Waals surface area (Å²) in [5.74, 6) is 1.78. The Morgan fingerprint density at radius 3 is 2.48 bits per heavy atom. The summed E-state index contributed by atoms with van der Waals surface area (Å²) in [5.41, 5.74) is 3.61. The van der Waals surface area contributed by atoms with E-state index in [1.54, 1.807) is 0 Å². The van der Waals surface area contributed by atoms with Gasteiger partial charge < -0.3 is 15.5 Å². The predicted molar refractivity (Wildman–Crippen MR) is 117 cm³/mol. The first kappa shape index (κ1) is 21.2. The van der Waals surface area contributed by atoms with Crippen molar-refractivity contribution >= 4 is 35.8 Å². The Balaban J connectivity index is 0.00000312. The first-order chi connectivity index (χ1) is 11.6. The molecule has 0 saturated heterocycles. The Hall–Kier alpha value is -1.83. The Morgan fingerprint density at radius 1 is 1.12 bits per heavy atom. The van der Waals surface area contributed by atoms with Crippen LogP contribution < -0.4 is 15.5 Å². The molecule has 0 aliphatic heterocycles. The van der Waals surface area contributed by atoms with E-state index in [0.717, 1.165) is 23.9 Å². The van der Waals surface area contributed by atoms with Gasteiger partial charge in [-0.25, -0.2) is 9.98 Å². The van der Waals surface area contributed by atoms with Crippen LogP contribution >= 0.6 is 24.0 Å². The second-order valence-corrected chi connectivity index (χ2v) is 5.91. The van der Waals surface area contributed by atoms with Gasteiger partial charge in [0.1, 0.15) is 5.82 Å². The number of guanidine groups is 1. The normalized spacial score (nSPS) is 10.8. The fourth-order valence-corrected chi connectivity index (χ4v) is 2.36. The standard InChI is InChI=1S/C19H27N5.HI/c1-5-20-19(22-13-16-10-8-15(2)9-11-16)23-14-17-7-6-12-21-18(17)24(3)4;/h6-12H,5,13-14H2,1-4H3,(H2,20,22,23);1H. The average Bonchev–Trinajstić information content (AvgIpc) is 2.59. The van der Waals surface area contributed by atoms with Gasteiger partial charge in [0.05, 0.1) is 6.54 Å². The lowest BCUT2D eigenvalue weighted by atomic mass is 10.1. The van der Waals surface area contributed by atoms with Crippen molar-refractivity contribution in [1.29, 1.82) is 0 Å². The number of aliphatic imine (C=N–C) groups is 1. The molecule has 6 heteroatoms. The third kappa shape index (κ3) is 6.89. The number of nitrogens with one attached hydrogen (secondary N) is 2. The SMILES string of the molecule is CCNC(=NCc1ccc(C)cc1)NCc1cccnc1N(C)C.I. The quantitative estimate of drug-likeness (QED) is 0.400. The second kappa shape index (κ2) is 10.9. The lowest BCUT2D eigenvalue weighted by Gasteiger charge is -2.17. The lowest BCUT2D eigenvalue weighted by molar-refractivity contribution is 0.810. The highest BCUT2D eigenvalue weighted by Gasteiger charge is 2.06. The molecule has 0 bridgehead atoms. The number of aromatic nitrogens is 1. The van der Waals surface area contributed by atoms with Gasteiger partial charge in [-0.05, 0) is 25.5 Å². The van der Waals surface area contributed by atoms with Gasteiger partial charge >= 0.3 is 0 Å². The molecular formula is C19H28IN5. The first-order valence-electron chi connectivity index (χ1n) is 8.29. The molecule has 0 amide bonds. The molecule has 0 radical (unpaired) electrons. The highest BCUT2D eigenvalue weighted by Crippen LogP contribution is 2.13. The molecule has 0 atom stereocenters. The Morgan fingerprint density at radius 2 is 1.84 bits per heavy atom. The number of pyridine rings is 1. The minimum absolute atomic E-state index is 0. The van der Waals surface area contributed by atoms with E-state index < -0.39 is 0 Å². The van der Waals surface area contributed by atoms with Crippen LogP contribution in [0.1, 0.15) is 23.6 Å². The minimum Gasteiger partial charge on any atom is -0.362 e. The summed E-state index contributed by atoms with van der Waals surface area (Å²) in [4.78, 5) is 11.1.